The van der Waals surface area contributed by atoms with Gasteiger partial charge in [0.25, 0.3) is 17.7 Å². The summed E-state index contributed by atoms with van der Waals surface area (Å²) in [5, 5.41) is 5.81. The summed E-state index contributed by atoms with van der Waals surface area (Å²) in [5.74, 6) is -1.06. The van der Waals surface area contributed by atoms with Crippen molar-refractivity contribution in [2.24, 2.45) is 0 Å². The van der Waals surface area contributed by atoms with Crippen LogP contribution in [0.25, 0.3) is 0 Å². The van der Waals surface area contributed by atoms with Crippen LogP contribution in [0.1, 0.15) is 47.3 Å². The highest BCUT2D eigenvalue weighted by Crippen LogP contribution is 2.31. The summed E-state index contributed by atoms with van der Waals surface area (Å²) in [6.07, 6.45) is 0.638. The van der Waals surface area contributed by atoms with Crippen LogP contribution in [0, 0.1) is 13.8 Å². The fourth-order valence-electron chi connectivity index (χ4n) is 3.34. The van der Waals surface area contributed by atoms with Gasteiger partial charge in [-0.05, 0) is 43.7 Å². The first-order chi connectivity index (χ1) is 14.0. The largest absolute Gasteiger partial charge is 0.352 e. The molecule has 0 atom stereocenters. The molecule has 0 unspecified atom stereocenters. The van der Waals surface area contributed by atoms with Crippen molar-refractivity contribution in [2.45, 2.75) is 20.3 Å². The first kappa shape index (κ1) is 19.0. The molecule has 1 aliphatic rings. The summed E-state index contributed by atoms with van der Waals surface area (Å²) >= 11 is 1.57. The molecule has 3 amide bonds. The van der Waals surface area contributed by atoms with Gasteiger partial charge in [0.15, 0.2) is 0 Å². The maximum Gasteiger partial charge on any atom is 0.266 e. The highest BCUT2D eigenvalue weighted by molar-refractivity contribution is 7.09. The number of fused-ring (bicyclic) bond motifs is 1. The van der Waals surface area contributed by atoms with E-state index in [1.54, 1.807) is 35.6 Å². The van der Waals surface area contributed by atoms with Crippen LogP contribution in [0.2, 0.25) is 0 Å². The standard InChI is InChI=1S/C22H19N3O3S/c1-13-5-3-4-6-19(13)25-21(27)17-8-7-15(11-18(17)22(25)28)20(26)23-10-9-16-12-29-14(2)24-16/h3-8,11-12H,9-10H2,1-2H3,(H,23,26). The Morgan fingerprint density at radius 2 is 1.83 bits per heavy atom. The molecule has 0 fully saturated rings. The van der Waals surface area contributed by atoms with E-state index in [0.29, 0.717) is 29.8 Å². The second kappa shape index (κ2) is 7.60. The highest BCUT2D eigenvalue weighted by atomic mass is 32.1. The minimum atomic E-state index is -0.410. The molecule has 1 N–H and O–H groups in total. The van der Waals surface area contributed by atoms with Gasteiger partial charge in [0, 0.05) is 23.9 Å². The van der Waals surface area contributed by atoms with Gasteiger partial charge in [-0.1, -0.05) is 18.2 Å². The molecule has 0 spiro atoms. The predicted molar refractivity (Wildman–Crippen MR) is 112 cm³/mol. The van der Waals surface area contributed by atoms with Crippen molar-refractivity contribution in [2.75, 3.05) is 11.4 Å². The summed E-state index contributed by atoms with van der Waals surface area (Å²) in [6, 6.07) is 11.9. The van der Waals surface area contributed by atoms with Crippen molar-refractivity contribution in [1.82, 2.24) is 10.3 Å². The third-order valence-electron chi connectivity index (χ3n) is 4.84. The van der Waals surface area contributed by atoms with E-state index < -0.39 is 5.91 Å². The van der Waals surface area contributed by atoms with Gasteiger partial charge in [-0.15, -0.1) is 11.3 Å². The fourth-order valence-corrected chi connectivity index (χ4v) is 3.99. The summed E-state index contributed by atoms with van der Waals surface area (Å²) in [6.45, 7) is 4.23. The van der Waals surface area contributed by atoms with Gasteiger partial charge >= 0.3 is 0 Å². The molecular weight excluding hydrogens is 386 g/mol. The number of aromatic nitrogens is 1. The van der Waals surface area contributed by atoms with Crippen molar-refractivity contribution in [3.8, 4) is 0 Å². The predicted octanol–water partition coefficient (Wildman–Crippen LogP) is 3.53. The van der Waals surface area contributed by atoms with E-state index >= 15 is 0 Å². The molecule has 1 aliphatic heterocycles. The van der Waals surface area contributed by atoms with Crippen LogP contribution >= 0.6 is 11.3 Å². The van der Waals surface area contributed by atoms with Crippen molar-refractivity contribution in [1.29, 1.82) is 0 Å². The maximum atomic E-state index is 12.9. The Kier molecular flexibility index (Phi) is 4.98. The van der Waals surface area contributed by atoms with E-state index in [2.05, 4.69) is 10.3 Å². The zero-order valence-corrected chi connectivity index (χ0v) is 16.9. The molecule has 146 valence electrons. The molecular formula is C22H19N3O3S. The summed E-state index contributed by atoms with van der Waals surface area (Å²) in [7, 11) is 0. The molecule has 0 radical (unpaired) electrons. The summed E-state index contributed by atoms with van der Waals surface area (Å²) < 4.78 is 0. The molecule has 3 aromatic rings. The molecule has 4 rings (SSSR count). The van der Waals surface area contributed by atoms with Gasteiger partial charge in [-0.2, -0.15) is 0 Å². The van der Waals surface area contributed by atoms with Crippen LogP contribution in [0.5, 0.6) is 0 Å². The number of thiazole rings is 1. The molecule has 6 nitrogen and oxygen atoms in total. The van der Waals surface area contributed by atoms with E-state index in [-0.39, 0.29) is 17.4 Å². The number of amides is 3. The van der Waals surface area contributed by atoms with Gasteiger partial charge in [0.1, 0.15) is 0 Å². The number of aryl methyl sites for hydroxylation is 2. The van der Waals surface area contributed by atoms with Crippen molar-refractivity contribution in [3.05, 3.63) is 80.8 Å². The second-order valence-electron chi connectivity index (χ2n) is 6.86. The summed E-state index contributed by atoms with van der Waals surface area (Å²) in [5.41, 5.74) is 3.25. The van der Waals surface area contributed by atoms with Crippen LogP contribution in [0.15, 0.2) is 47.8 Å². The fraction of sp³-hybridized carbons (Fsp3) is 0.182. The van der Waals surface area contributed by atoms with Crippen molar-refractivity contribution in [3.63, 3.8) is 0 Å². The number of nitrogens with one attached hydrogen (secondary N) is 1. The molecule has 0 saturated heterocycles. The average Bonchev–Trinajstić information content (AvgIpc) is 3.23. The number of para-hydroxylation sites is 1. The molecule has 29 heavy (non-hydrogen) atoms. The Balaban J connectivity index is 1.51. The number of nitrogens with zero attached hydrogens (tertiary/aromatic N) is 2. The Morgan fingerprint density at radius 1 is 1.07 bits per heavy atom. The number of carbonyl (C=O) groups excluding carboxylic acids is 3. The Morgan fingerprint density at radius 3 is 2.55 bits per heavy atom. The minimum Gasteiger partial charge on any atom is -0.352 e. The van der Waals surface area contributed by atoms with Crippen LogP contribution in [0.4, 0.5) is 5.69 Å². The van der Waals surface area contributed by atoms with Crippen LogP contribution in [-0.2, 0) is 6.42 Å². The third kappa shape index (κ3) is 3.56. The highest BCUT2D eigenvalue weighted by Gasteiger charge is 2.37. The Bertz CT molecular complexity index is 1140. The van der Waals surface area contributed by atoms with E-state index in [1.165, 1.54) is 11.0 Å². The lowest BCUT2D eigenvalue weighted by molar-refractivity contribution is 0.0923. The average molecular weight is 405 g/mol. The van der Waals surface area contributed by atoms with Gasteiger partial charge in [-0.3, -0.25) is 14.4 Å². The van der Waals surface area contributed by atoms with E-state index in [0.717, 1.165) is 16.3 Å². The number of hydrogen-bond donors (Lipinski definition) is 1. The van der Waals surface area contributed by atoms with E-state index in [9.17, 15) is 14.4 Å². The third-order valence-corrected chi connectivity index (χ3v) is 5.66. The number of anilines is 1. The lowest BCUT2D eigenvalue weighted by Gasteiger charge is -2.16. The molecule has 0 aliphatic carbocycles. The first-order valence-corrected chi connectivity index (χ1v) is 10.1. The van der Waals surface area contributed by atoms with Gasteiger partial charge in [0.2, 0.25) is 0 Å². The number of hydrogen-bond acceptors (Lipinski definition) is 5. The van der Waals surface area contributed by atoms with E-state index in [1.807, 2.05) is 31.4 Å². The Hall–Kier alpha value is -3.32. The molecule has 2 heterocycles. The Labute approximate surface area is 172 Å². The topological polar surface area (TPSA) is 79.4 Å². The number of imide groups is 1. The maximum absolute atomic E-state index is 12.9. The quantitative estimate of drug-likeness (QED) is 0.659. The summed E-state index contributed by atoms with van der Waals surface area (Å²) in [4.78, 5) is 43.7. The SMILES string of the molecule is Cc1nc(CCNC(=O)c2ccc3c(c2)C(=O)N(c2ccccc2C)C3=O)cs1. The smallest absolute Gasteiger partial charge is 0.266 e. The van der Waals surface area contributed by atoms with E-state index in [4.69, 9.17) is 0 Å². The second-order valence-corrected chi connectivity index (χ2v) is 7.92. The van der Waals surface area contributed by atoms with Crippen molar-refractivity contribution >= 4 is 34.7 Å². The molecule has 2 aromatic carbocycles. The number of carbonyl (C=O) groups is 3. The zero-order chi connectivity index (χ0) is 20.5. The first-order valence-electron chi connectivity index (χ1n) is 9.23. The minimum absolute atomic E-state index is 0.251. The van der Waals surface area contributed by atoms with Crippen LogP contribution in [0.3, 0.4) is 0 Å². The lowest BCUT2D eigenvalue weighted by Crippen LogP contribution is -2.30. The normalized spacial score (nSPS) is 13.0. The van der Waals surface area contributed by atoms with Crippen LogP contribution < -0.4 is 10.2 Å². The molecule has 0 bridgehead atoms. The van der Waals surface area contributed by atoms with Gasteiger partial charge in [0.05, 0.1) is 27.5 Å². The van der Waals surface area contributed by atoms with Gasteiger partial charge in [-0.25, -0.2) is 9.88 Å². The molecule has 1 aromatic heterocycles. The molecule has 7 heteroatoms. The molecule has 0 saturated carbocycles. The number of benzene rings is 2. The van der Waals surface area contributed by atoms with Crippen LogP contribution in [-0.4, -0.2) is 29.3 Å². The lowest BCUT2D eigenvalue weighted by atomic mass is 10.1. The van der Waals surface area contributed by atoms with Crippen molar-refractivity contribution < 1.29 is 14.4 Å². The monoisotopic (exact) mass is 405 g/mol. The zero-order valence-electron chi connectivity index (χ0n) is 16.1. The van der Waals surface area contributed by atoms with Gasteiger partial charge < -0.3 is 5.32 Å². The number of rotatable bonds is 5.